The molecule has 1 aliphatic heterocycles. The molecule has 2 aromatic rings. The van der Waals surface area contributed by atoms with E-state index in [4.69, 9.17) is 0 Å². The van der Waals surface area contributed by atoms with Crippen LogP contribution in [0.1, 0.15) is 42.9 Å². The Hall–Kier alpha value is -2.24. The van der Waals surface area contributed by atoms with Gasteiger partial charge in [0.05, 0.1) is 12.3 Å². The van der Waals surface area contributed by atoms with E-state index in [1.54, 1.807) is 6.20 Å². The van der Waals surface area contributed by atoms with Gasteiger partial charge in [0.15, 0.2) is 0 Å². The first-order valence-electron chi connectivity index (χ1n) is 10.4. The number of hydrogen-bond acceptors (Lipinski definition) is 4. The Labute approximate surface area is 166 Å². The summed E-state index contributed by atoms with van der Waals surface area (Å²) in [5.74, 6) is 0.571. The van der Waals surface area contributed by atoms with E-state index in [-0.39, 0.29) is 36.4 Å². The number of aromatic nitrogens is 1. The van der Waals surface area contributed by atoms with Crippen molar-refractivity contribution in [3.8, 4) is 0 Å². The monoisotopic (exact) mass is 379 g/mol. The minimum absolute atomic E-state index is 0.0396. The molecule has 1 saturated carbocycles. The maximum absolute atomic E-state index is 12.6. The molecule has 5 heteroatoms. The Morgan fingerprint density at radius 3 is 2.50 bits per heavy atom. The summed E-state index contributed by atoms with van der Waals surface area (Å²) in [6.45, 7) is 1.39. The topological polar surface area (TPSA) is 65.5 Å². The lowest BCUT2D eigenvalue weighted by atomic mass is 9.75. The van der Waals surface area contributed by atoms with Crippen molar-refractivity contribution in [1.29, 1.82) is 0 Å². The van der Waals surface area contributed by atoms with Gasteiger partial charge in [0.1, 0.15) is 0 Å². The Balaban J connectivity index is 1.50. The van der Waals surface area contributed by atoms with Crippen molar-refractivity contribution in [2.75, 3.05) is 13.2 Å². The molecule has 28 heavy (non-hydrogen) atoms. The van der Waals surface area contributed by atoms with Crippen molar-refractivity contribution in [3.63, 3.8) is 0 Å². The summed E-state index contributed by atoms with van der Waals surface area (Å²) in [6, 6.07) is 16.4. The molecule has 1 aromatic carbocycles. The molecule has 0 unspecified atom stereocenters. The predicted molar refractivity (Wildman–Crippen MR) is 109 cm³/mol. The van der Waals surface area contributed by atoms with Crippen molar-refractivity contribution in [1.82, 2.24) is 15.2 Å². The highest BCUT2D eigenvalue weighted by atomic mass is 16.3. The van der Waals surface area contributed by atoms with Gasteiger partial charge >= 0.3 is 0 Å². The van der Waals surface area contributed by atoms with Crippen LogP contribution in [-0.4, -0.2) is 46.1 Å². The molecular weight excluding hydrogens is 350 g/mol. The average Bonchev–Trinajstić information content (AvgIpc) is 3.27. The molecule has 1 aromatic heterocycles. The Bertz CT molecular complexity index is 762. The standard InChI is InChI=1S/C23H29N3O2/c27-16-21-22(17-8-2-1-3-9-17)20(14-25-23(28)18-10-4-5-11-18)26(21)15-19-12-6-7-13-24-19/h1-3,6-9,12-13,18,20-22,27H,4-5,10-11,14-16H2,(H,25,28)/t20-,21+,22-/m0/s1. The number of nitrogens with one attached hydrogen (secondary N) is 1. The second kappa shape index (κ2) is 8.84. The third-order valence-electron chi connectivity index (χ3n) is 6.33. The smallest absolute Gasteiger partial charge is 0.223 e. The van der Waals surface area contributed by atoms with Crippen LogP contribution in [0.5, 0.6) is 0 Å². The Kier molecular flexibility index (Phi) is 6.03. The van der Waals surface area contributed by atoms with Crippen LogP contribution in [0.25, 0.3) is 0 Å². The van der Waals surface area contributed by atoms with Gasteiger partial charge in [-0.05, 0) is 30.5 Å². The van der Waals surface area contributed by atoms with Crippen LogP contribution in [0.15, 0.2) is 54.7 Å². The molecular formula is C23H29N3O2. The predicted octanol–water partition coefficient (Wildman–Crippen LogP) is 2.72. The summed E-state index contributed by atoms with van der Waals surface area (Å²) in [6.07, 6.45) is 6.14. The molecule has 2 aliphatic rings. The third-order valence-corrected chi connectivity index (χ3v) is 6.33. The van der Waals surface area contributed by atoms with Crippen LogP contribution in [-0.2, 0) is 11.3 Å². The quantitative estimate of drug-likeness (QED) is 0.776. The molecule has 148 valence electrons. The summed E-state index contributed by atoms with van der Waals surface area (Å²) in [7, 11) is 0. The van der Waals surface area contributed by atoms with Gasteiger partial charge in [0.25, 0.3) is 0 Å². The lowest BCUT2D eigenvalue weighted by Crippen LogP contribution is -2.66. The van der Waals surface area contributed by atoms with Gasteiger partial charge in [-0.1, -0.05) is 49.2 Å². The highest BCUT2D eigenvalue weighted by Crippen LogP contribution is 2.41. The van der Waals surface area contributed by atoms with Crippen molar-refractivity contribution in [2.24, 2.45) is 5.92 Å². The second-order valence-corrected chi connectivity index (χ2v) is 7.97. The largest absolute Gasteiger partial charge is 0.395 e. The normalized spacial score (nSPS) is 25.4. The van der Waals surface area contributed by atoms with Crippen LogP contribution < -0.4 is 5.32 Å². The van der Waals surface area contributed by atoms with Gasteiger partial charge in [0.2, 0.25) is 5.91 Å². The van der Waals surface area contributed by atoms with Crippen LogP contribution in [0.4, 0.5) is 0 Å². The Morgan fingerprint density at radius 2 is 1.82 bits per heavy atom. The molecule has 4 rings (SSSR count). The summed E-state index contributed by atoms with van der Waals surface area (Å²) in [5, 5.41) is 13.3. The zero-order valence-electron chi connectivity index (χ0n) is 16.2. The van der Waals surface area contributed by atoms with Gasteiger partial charge < -0.3 is 10.4 Å². The van der Waals surface area contributed by atoms with Crippen LogP contribution >= 0.6 is 0 Å². The fourth-order valence-corrected chi connectivity index (χ4v) is 4.85. The van der Waals surface area contributed by atoms with Crippen molar-refractivity contribution >= 4 is 5.91 Å². The molecule has 0 spiro atoms. The summed E-state index contributed by atoms with van der Waals surface area (Å²) >= 11 is 0. The van der Waals surface area contributed by atoms with Crippen molar-refractivity contribution in [2.45, 2.75) is 50.2 Å². The highest BCUT2D eigenvalue weighted by molar-refractivity contribution is 5.78. The molecule has 5 nitrogen and oxygen atoms in total. The molecule has 0 bridgehead atoms. The van der Waals surface area contributed by atoms with E-state index in [1.807, 2.05) is 36.4 Å². The maximum Gasteiger partial charge on any atom is 0.223 e. The zero-order valence-corrected chi connectivity index (χ0v) is 16.2. The van der Waals surface area contributed by atoms with E-state index in [9.17, 15) is 9.90 Å². The number of amides is 1. The zero-order chi connectivity index (χ0) is 19.3. The van der Waals surface area contributed by atoms with Gasteiger partial charge in [-0.2, -0.15) is 0 Å². The third kappa shape index (κ3) is 3.96. The van der Waals surface area contributed by atoms with Crippen molar-refractivity contribution in [3.05, 3.63) is 66.0 Å². The molecule has 2 fully saturated rings. The minimum Gasteiger partial charge on any atom is -0.395 e. The number of pyridine rings is 1. The van der Waals surface area contributed by atoms with E-state index in [0.29, 0.717) is 13.1 Å². The fraction of sp³-hybridized carbons (Fsp3) is 0.478. The van der Waals surface area contributed by atoms with E-state index in [0.717, 1.165) is 31.4 Å². The van der Waals surface area contributed by atoms with Gasteiger partial charge in [0, 0.05) is 43.2 Å². The summed E-state index contributed by atoms with van der Waals surface area (Å²) in [4.78, 5) is 19.3. The number of rotatable bonds is 7. The van der Waals surface area contributed by atoms with Crippen LogP contribution in [0, 0.1) is 5.92 Å². The summed E-state index contributed by atoms with van der Waals surface area (Å²) in [5.41, 5.74) is 2.21. The number of hydrogen-bond donors (Lipinski definition) is 2. The summed E-state index contributed by atoms with van der Waals surface area (Å²) < 4.78 is 0. The van der Waals surface area contributed by atoms with E-state index >= 15 is 0 Å². The van der Waals surface area contributed by atoms with Crippen LogP contribution in [0.2, 0.25) is 0 Å². The lowest BCUT2D eigenvalue weighted by Gasteiger charge is -2.55. The van der Waals surface area contributed by atoms with E-state index in [1.165, 1.54) is 5.56 Å². The Morgan fingerprint density at radius 1 is 1.07 bits per heavy atom. The van der Waals surface area contributed by atoms with Crippen LogP contribution in [0.3, 0.4) is 0 Å². The molecule has 0 radical (unpaired) electrons. The number of carbonyl (C=O) groups is 1. The molecule has 1 saturated heterocycles. The first-order chi connectivity index (χ1) is 13.8. The van der Waals surface area contributed by atoms with Gasteiger partial charge in [-0.15, -0.1) is 0 Å². The van der Waals surface area contributed by atoms with Gasteiger partial charge in [-0.25, -0.2) is 0 Å². The molecule has 2 heterocycles. The number of aliphatic hydroxyl groups excluding tert-OH is 1. The molecule has 1 amide bonds. The molecule has 3 atom stereocenters. The minimum atomic E-state index is 0.0396. The fourth-order valence-electron chi connectivity index (χ4n) is 4.85. The van der Waals surface area contributed by atoms with E-state index < -0.39 is 0 Å². The number of benzene rings is 1. The number of carbonyl (C=O) groups excluding carboxylic acids is 1. The molecule has 1 aliphatic carbocycles. The van der Waals surface area contributed by atoms with E-state index in [2.05, 4.69) is 27.3 Å². The highest BCUT2D eigenvalue weighted by Gasteiger charge is 2.48. The van der Waals surface area contributed by atoms with Crippen molar-refractivity contribution < 1.29 is 9.90 Å². The average molecular weight is 380 g/mol. The van der Waals surface area contributed by atoms with Gasteiger partial charge in [-0.3, -0.25) is 14.7 Å². The SMILES string of the molecule is O=C(NC[C@H]1[C@H](c2ccccc2)[C@@H](CO)N1Cc1ccccn1)C1CCCC1. The first kappa shape index (κ1) is 19.1. The number of aliphatic hydroxyl groups is 1. The second-order valence-electron chi connectivity index (χ2n) is 7.97. The number of nitrogens with zero attached hydrogens (tertiary/aromatic N) is 2. The molecule has 2 N–H and O–H groups in total. The lowest BCUT2D eigenvalue weighted by molar-refractivity contribution is -0.126. The number of likely N-dealkylation sites (tertiary alicyclic amines) is 1. The first-order valence-corrected chi connectivity index (χ1v) is 10.4. The maximum atomic E-state index is 12.6.